The third-order valence-electron chi connectivity index (χ3n) is 4.07. The molecule has 0 fully saturated rings. The Labute approximate surface area is 149 Å². The molecule has 1 N–H and O–H groups in total. The van der Waals surface area contributed by atoms with Gasteiger partial charge in [-0.05, 0) is 24.6 Å². The van der Waals surface area contributed by atoms with Gasteiger partial charge in [0.25, 0.3) is 5.91 Å². The molecule has 0 saturated heterocycles. The molecule has 132 valence electrons. The van der Waals surface area contributed by atoms with Crippen molar-refractivity contribution < 1.29 is 23.9 Å². The van der Waals surface area contributed by atoms with Crippen LogP contribution in [0, 0.1) is 0 Å². The maximum Gasteiger partial charge on any atom is 0.346 e. The van der Waals surface area contributed by atoms with Crippen molar-refractivity contribution in [1.82, 2.24) is 10.3 Å². The van der Waals surface area contributed by atoms with E-state index in [1.54, 1.807) is 42.5 Å². The first-order valence-corrected chi connectivity index (χ1v) is 7.81. The number of methoxy groups -OCH3 is 1. The molecule has 26 heavy (non-hydrogen) atoms. The van der Waals surface area contributed by atoms with E-state index >= 15 is 0 Å². The Morgan fingerprint density at radius 3 is 2.42 bits per heavy atom. The maximum absolute atomic E-state index is 12.8. The van der Waals surface area contributed by atoms with Gasteiger partial charge in [-0.2, -0.15) is 0 Å². The zero-order valence-corrected chi connectivity index (χ0v) is 14.2. The molecule has 2 heterocycles. The largest absolute Gasteiger partial charge is 0.465 e. The number of allylic oxidation sites excluding steroid dienone is 1. The van der Waals surface area contributed by atoms with Crippen LogP contribution >= 0.6 is 0 Å². The number of esters is 2. The van der Waals surface area contributed by atoms with Crippen LogP contribution in [0.5, 0.6) is 0 Å². The van der Waals surface area contributed by atoms with Crippen LogP contribution in [0.25, 0.3) is 0 Å². The number of amides is 1. The van der Waals surface area contributed by atoms with Crippen molar-refractivity contribution in [2.24, 2.45) is 0 Å². The third kappa shape index (κ3) is 2.73. The monoisotopic (exact) mass is 352 g/mol. The zero-order valence-electron chi connectivity index (χ0n) is 14.2. The normalized spacial score (nSPS) is 19.1. The molecular formula is C19H16N2O5. The summed E-state index contributed by atoms with van der Waals surface area (Å²) in [4.78, 5) is 41.9. The summed E-state index contributed by atoms with van der Waals surface area (Å²) in [5.74, 6) is -2.10. The van der Waals surface area contributed by atoms with Crippen molar-refractivity contribution in [1.29, 1.82) is 0 Å². The van der Waals surface area contributed by atoms with Gasteiger partial charge < -0.3 is 14.8 Å². The minimum Gasteiger partial charge on any atom is -0.465 e. The second kappa shape index (κ2) is 6.79. The fourth-order valence-electron chi connectivity index (χ4n) is 2.90. The van der Waals surface area contributed by atoms with E-state index in [9.17, 15) is 14.4 Å². The number of nitrogens with zero attached hydrogens (tertiary/aromatic N) is 1. The van der Waals surface area contributed by atoms with E-state index in [0.29, 0.717) is 5.56 Å². The van der Waals surface area contributed by atoms with Gasteiger partial charge in [0.05, 0.1) is 7.11 Å². The van der Waals surface area contributed by atoms with Crippen molar-refractivity contribution in [3.05, 3.63) is 77.3 Å². The van der Waals surface area contributed by atoms with Gasteiger partial charge in [-0.3, -0.25) is 9.78 Å². The lowest BCUT2D eigenvalue weighted by Gasteiger charge is -2.28. The van der Waals surface area contributed by atoms with E-state index < -0.39 is 23.4 Å². The van der Waals surface area contributed by atoms with Crippen LogP contribution in [0.3, 0.4) is 0 Å². The van der Waals surface area contributed by atoms with Crippen LogP contribution in [0.1, 0.15) is 23.0 Å². The molecule has 1 aliphatic rings. The average Bonchev–Trinajstić information content (AvgIpc) is 2.93. The van der Waals surface area contributed by atoms with Gasteiger partial charge in [0.1, 0.15) is 17.0 Å². The number of hydrogen-bond donors (Lipinski definition) is 1. The van der Waals surface area contributed by atoms with Crippen molar-refractivity contribution in [2.45, 2.75) is 12.5 Å². The molecule has 0 radical (unpaired) electrons. The molecule has 7 heteroatoms. The highest BCUT2D eigenvalue weighted by Crippen LogP contribution is 2.40. The lowest BCUT2D eigenvalue weighted by Crippen LogP contribution is -2.53. The van der Waals surface area contributed by atoms with Crippen molar-refractivity contribution in [2.75, 3.05) is 7.11 Å². The fourth-order valence-corrected chi connectivity index (χ4v) is 2.90. The first-order valence-electron chi connectivity index (χ1n) is 7.81. The Hall–Kier alpha value is -3.48. The van der Waals surface area contributed by atoms with Gasteiger partial charge >= 0.3 is 11.9 Å². The number of pyridine rings is 1. The van der Waals surface area contributed by atoms with Gasteiger partial charge in [0, 0.05) is 6.20 Å². The number of hydrogen-bond acceptors (Lipinski definition) is 6. The number of rotatable bonds is 4. The highest BCUT2D eigenvalue weighted by Gasteiger charge is 2.56. The Balaban J connectivity index is 2.16. The topological polar surface area (TPSA) is 94.6 Å². The molecule has 0 aliphatic carbocycles. The number of carbonyl (C=O) groups excluding carboxylic acids is 3. The fraction of sp³-hybridized carbons (Fsp3) is 0.158. The summed E-state index contributed by atoms with van der Waals surface area (Å²) in [7, 11) is 1.20. The first kappa shape index (κ1) is 17.3. The number of benzene rings is 1. The zero-order chi connectivity index (χ0) is 18.7. The van der Waals surface area contributed by atoms with Crippen LogP contribution in [0.15, 0.2) is 66.1 Å². The van der Waals surface area contributed by atoms with Gasteiger partial charge in [-0.15, -0.1) is 0 Å². The lowest BCUT2D eigenvalue weighted by atomic mass is 9.82. The van der Waals surface area contributed by atoms with Gasteiger partial charge in [-0.25, -0.2) is 9.59 Å². The van der Waals surface area contributed by atoms with E-state index in [0.717, 1.165) is 0 Å². The number of aromatic nitrogens is 1. The first-order chi connectivity index (χ1) is 12.5. The Kier molecular flexibility index (Phi) is 4.53. The average molecular weight is 352 g/mol. The van der Waals surface area contributed by atoms with Gasteiger partial charge in [0.15, 0.2) is 0 Å². The van der Waals surface area contributed by atoms with E-state index in [-0.39, 0.29) is 17.0 Å². The van der Waals surface area contributed by atoms with Crippen LogP contribution in [-0.2, 0) is 24.6 Å². The lowest BCUT2D eigenvalue weighted by molar-refractivity contribution is -0.144. The Morgan fingerprint density at radius 1 is 1.12 bits per heavy atom. The molecule has 3 rings (SSSR count). The minimum absolute atomic E-state index is 0.0690. The molecular weight excluding hydrogens is 336 g/mol. The van der Waals surface area contributed by atoms with E-state index in [4.69, 9.17) is 9.47 Å². The summed E-state index contributed by atoms with van der Waals surface area (Å²) in [6.07, 6.45) is 1.46. The molecule has 0 bridgehead atoms. The number of carbonyl (C=O) groups is 3. The standard InChI is InChI=1S/C19H16N2O5/c1-12-15(17(23)25-2)19(18(24)26-12,13-8-4-3-5-9-13)21-16(22)14-10-6-7-11-20-14/h3-11H,1-2H3,(H,21,22)/t19-/m0/s1. The molecule has 0 saturated carbocycles. The molecule has 0 unspecified atom stereocenters. The SMILES string of the molecule is COC(=O)C1=C(C)OC(=O)[C@]1(NC(=O)c1ccccn1)c1ccccc1. The molecule has 1 aromatic heterocycles. The molecule has 1 aliphatic heterocycles. The van der Waals surface area contributed by atoms with E-state index in [2.05, 4.69) is 10.3 Å². The van der Waals surface area contributed by atoms with Crippen molar-refractivity contribution >= 4 is 17.8 Å². The molecule has 1 atom stereocenters. The highest BCUT2D eigenvalue weighted by atomic mass is 16.6. The number of nitrogens with one attached hydrogen (secondary N) is 1. The highest BCUT2D eigenvalue weighted by molar-refractivity contribution is 6.08. The van der Waals surface area contributed by atoms with Crippen molar-refractivity contribution in [3.8, 4) is 0 Å². The number of ether oxygens (including phenoxy) is 2. The summed E-state index contributed by atoms with van der Waals surface area (Å²) in [5.41, 5.74) is -1.40. The van der Waals surface area contributed by atoms with E-state index in [1.807, 2.05) is 0 Å². The summed E-state index contributed by atoms with van der Waals surface area (Å²) < 4.78 is 10.0. The smallest absolute Gasteiger partial charge is 0.346 e. The maximum atomic E-state index is 12.8. The van der Waals surface area contributed by atoms with Gasteiger partial charge in [0.2, 0.25) is 5.54 Å². The summed E-state index contributed by atoms with van der Waals surface area (Å²) >= 11 is 0. The molecule has 7 nitrogen and oxygen atoms in total. The molecule has 2 aromatic rings. The Bertz CT molecular complexity index is 893. The number of cyclic esters (lactones) is 1. The minimum atomic E-state index is -1.81. The second-order valence-electron chi connectivity index (χ2n) is 5.60. The van der Waals surface area contributed by atoms with Crippen molar-refractivity contribution in [3.63, 3.8) is 0 Å². The van der Waals surface area contributed by atoms with Crippen LogP contribution in [0.2, 0.25) is 0 Å². The summed E-state index contributed by atoms with van der Waals surface area (Å²) in [6, 6.07) is 13.2. The van der Waals surface area contributed by atoms with E-state index in [1.165, 1.54) is 26.3 Å². The Morgan fingerprint density at radius 2 is 1.81 bits per heavy atom. The molecule has 0 spiro atoms. The summed E-state index contributed by atoms with van der Waals surface area (Å²) in [6.45, 7) is 1.47. The summed E-state index contributed by atoms with van der Waals surface area (Å²) in [5, 5.41) is 2.64. The third-order valence-corrected chi connectivity index (χ3v) is 4.07. The molecule has 1 amide bonds. The van der Waals surface area contributed by atoms with Gasteiger partial charge in [-0.1, -0.05) is 36.4 Å². The van der Waals surface area contributed by atoms with Crippen LogP contribution in [0.4, 0.5) is 0 Å². The predicted molar refractivity (Wildman–Crippen MR) is 90.6 cm³/mol. The second-order valence-corrected chi connectivity index (χ2v) is 5.60. The quantitative estimate of drug-likeness (QED) is 0.842. The van der Waals surface area contributed by atoms with Crippen LogP contribution < -0.4 is 5.32 Å². The molecule has 1 aromatic carbocycles. The van der Waals surface area contributed by atoms with Crippen LogP contribution in [-0.4, -0.2) is 29.9 Å². The predicted octanol–water partition coefficient (Wildman–Crippen LogP) is 1.71.